The van der Waals surface area contributed by atoms with Crippen molar-refractivity contribution in [1.82, 2.24) is 0 Å². The molecule has 2 heteroatoms. The van der Waals surface area contributed by atoms with E-state index < -0.39 is 0 Å². The Kier molecular flexibility index (Phi) is 3.58. The van der Waals surface area contributed by atoms with Gasteiger partial charge in [-0.05, 0) is 47.9 Å². The zero-order valence-electron chi connectivity index (χ0n) is 12.9. The highest BCUT2D eigenvalue weighted by molar-refractivity contribution is 5.90. The number of benzene rings is 2. The van der Waals surface area contributed by atoms with Gasteiger partial charge in [0.15, 0.2) is 0 Å². The van der Waals surface area contributed by atoms with Crippen LogP contribution in [0.25, 0.3) is 16.5 Å². The van der Waals surface area contributed by atoms with Gasteiger partial charge in [0, 0.05) is 11.5 Å². The van der Waals surface area contributed by atoms with E-state index in [4.69, 9.17) is 4.42 Å². The Morgan fingerprint density at radius 1 is 0.957 bits per heavy atom. The number of fused-ring (bicyclic) bond motifs is 1. The van der Waals surface area contributed by atoms with Gasteiger partial charge in [-0.15, -0.1) is 0 Å². The summed E-state index contributed by atoms with van der Waals surface area (Å²) in [5.41, 5.74) is 4.09. The molecule has 1 atom stereocenters. The van der Waals surface area contributed by atoms with Crippen molar-refractivity contribution in [2.45, 2.75) is 25.2 Å². The summed E-state index contributed by atoms with van der Waals surface area (Å²) in [6, 6.07) is 20.1. The molecular formula is C21H18O2. The maximum Gasteiger partial charge on any atom is 0.336 e. The highest BCUT2D eigenvalue weighted by atomic mass is 16.4. The fraction of sp³-hybridized carbons (Fsp3) is 0.190. The van der Waals surface area contributed by atoms with Gasteiger partial charge in [0.25, 0.3) is 0 Å². The summed E-state index contributed by atoms with van der Waals surface area (Å²) in [7, 11) is 0. The van der Waals surface area contributed by atoms with Crippen LogP contribution in [0.5, 0.6) is 0 Å². The number of hydrogen-bond donors (Lipinski definition) is 0. The Morgan fingerprint density at radius 3 is 2.52 bits per heavy atom. The molecule has 1 unspecified atom stereocenters. The minimum absolute atomic E-state index is 0.273. The highest BCUT2D eigenvalue weighted by Gasteiger charge is 2.18. The normalized spacial score (nSPS) is 17.9. The SMILES string of the molecule is O=c1cc(C2=CCC(c3ccccc3)CC2)c2ccccc2o1. The van der Waals surface area contributed by atoms with Gasteiger partial charge in [-0.2, -0.15) is 0 Å². The molecule has 0 fully saturated rings. The Morgan fingerprint density at radius 2 is 1.74 bits per heavy atom. The van der Waals surface area contributed by atoms with Crippen molar-refractivity contribution in [1.29, 1.82) is 0 Å². The third-order valence-corrected chi connectivity index (χ3v) is 4.68. The third-order valence-electron chi connectivity index (χ3n) is 4.68. The molecular weight excluding hydrogens is 284 g/mol. The van der Waals surface area contributed by atoms with Gasteiger partial charge in [-0.3, -0.25) is 0 Å². The Balaban J connectivity index is 1.70. The summed E-state index contributed by atoms with van der Waals surface area (Å²) in [6.07, 6.45) is 5.42. The van der Waals surface area contributed by atoms with E-state index >= 15 is 0 Å². The Labute approximate surface area is 135 Å². The van der Waals surface area contributed by atoms with Crippen LogP contribution >= 0.6 is 0 Å². The largest absolute Gasteiger partial charge is 0.423 e. The zero-order chi connectivity index (χ0) is 15.6. The van der Waals surface area contributed by atoms with Gasteiger partial charge in [0.2, 0.25) is 0 Å². The summed E-state index contributed by atoms with van der Waals surface area (Å²) < 4.78 is 5.30. The van der Waals surface area contributed by atoms with E-state index in [9.17, 15) is 4.79 Å². The molecule has 114 valence electrons. The third kappa shape index (κ3) is 2.72. The van der Waals surface area contributed by atoms with Crippen molar-refractivity contribution in [3.63, 3.8) is 0 Å². The molecule has 1 heterocycles. The molecule has 4 rings (SSSR count). The highest BCUT2D eigenvalue weighted by Crippen LogP contribution is 2.37. The lowest BCUT2D eigenvalue weighted by Crippen LogP contribution is -2.06. The lowest BCUT2D eigenvalue weighted by atomic mass is 9.82. The molecule has 0 bridgehead atoms. The van der Waals surface area contributed by atoms with Crippen LogP contribution in [0.3, 0.4) is 0 Å². The first-order chi connectivity index (χ1) is 11.3. The van der Waals surface area contributed by atoms with Gasteiger partial charge >= 0.3 is 5.63 Å². The molecule has 3 aromatic rings. The number of rotatable bonds is 2. The van der Waals surface area contributed by atoms with Gasteiger partial charge < -0.3 is 4.42 Å². The van der Waals surface area contributed by atoms with Crippen molar-refractivity contribution in [2.24, 2.45) is 0 Å². The quantitative estimate of drug-likeness (QED) is 0.613. The molecule has 1 aliphatic carbocycles. The van der Waals surface area contributed by atoms with Gasteiger partial charge in [-0.25, -0.2) is 4.79 Å². The summed E-state index contributed by atoms with van der Waals surface area (Å²) in [5, 5.41) is 1.02. The smallest absolute Gasteiger partial charge is 0.336 e. The lowest BCUT2D eigenvalue weighted by Gasteiger charge is -2.23. The summed E-state index contributed by atoms with van der Waals surface area (Å²) >= 11 is 0. The molecule has 0 saturated carbocycles. The van der Waals surface area contributed by atoms with Crippen molar-refractivity contribution >= 4 is 16.5 Å². The maximum atomic E-state index is 11.8. The molecule has 0 spiro atoms. The van der Waals surface area contributed by atoms with Crippen molar-refractivity contribution in [3.05, 3.63) is 88.3 Å². The zero-order valence-corrected chi connectivity index (χ0v) is 12.9. The van der Waals surface area contributed by atoms with Gasteiger partial charge in [0.1, 0.15) is 5.58 Å². The fourth-order valence-electron chi connectivity index (χ4n) is 3.48. The average molecular weight is 302 g/mol. The van der Waals surface area contributed by atoms with Crippen LogP contribution in [0.2, 0.25) is 0 Å². The number of para-hydroxylation sites is 1. The maximum absolute atomic E-state index is 11.8. The molecule has 0 amide bonds. The molecule has 2 nitrogen and oxygen atoms in total. The molecule has 0 saturated heterocycles. The molecule has 0 aliphatic heterocycles. The van der Waals surface area contributed by atoms with Crippen LogP contribution in [-0.4, -0.2) is 0 Å². The first kappa shape index (κ1) is 14.0. The van der Waals surface area contributed by atoms with E-state index in [1.165, 1.54) is 11.1 Å². The van der Waals surface area contributed by atoms with Gasteiger partial charge in [-0.1, -0.05) is 54.6 Å². The van der Waals surface area contributed by atoms with Gasteiger partial charge in [0.05, 0.1) is 0 Å². The Hall–Kier alpha value is -2.61. The van der Waals surface area contributed by atoms with Crippen LogP contribution in [0.15, 0.2) is 76.0 Å². The molecule has 23 heavy (non-hydrogen) atoms. The predicted octanol–water partition coefficient (Wildman–Crippen LogP) is 5.14. The van der Waals surface area contributed by atoms with Crippen molar-refractivity contribution in [2.75, 3.05) is 0 Å². The second-order valence-electron chi connectivity index (χ2n) is 6.09. The second kappa shape index (κ2) is 5.88. The van der Waals surface area contributed by atoms with Crippen LogP contribution < -0.4 is 5.63 Å². The number of hydrogen-bond acceptors (Lipinski definition) is 2. The molecule has 2 aromatic carbocycles. The van der Waals surface area contributed by atoms with Crippen LogP contribution in [-0.2, 0) is 0 Å². The molecule has 1 aliphatic rings. The molecule has 0 radical (unpaired) electrons. The van der Waals surface area contributed by atoms with E-state index in [1.807, 2.05) is 24.3 Å². The van der Waals surface area contributed by atoms with Crippen LogP contribution in [0.4, 0.5) is 0 Å². The molecule has 0 N–H and O–H groups in total. The minimum Gasteiger partial charge on any atom is -0.423 e. The van der Waals surface area contributed by atoms with E-state index in [0.717, 1.165) is 30.2 Å². The van der Waals surface area contributed by atoms with E-state index in [-0.39, 0.29) is 5.63 Å². The predicted molar refractivity (Wildman–Crippen MR) is 93.5 cm³/mol. The van der Waals surface area contributed by atoms with Crippen molar-refractivity contribution in [3.8, 4) is 0 Å². The van der Waals surface area contributed by atoms with Crippen LogP contribution in [0, 0.1) is 0 Å². The minimum atomic E-state index is -0.273. The standard InChI is InChI=1S/C21H18O2/c22-21-14-19(18-8-4-5-9-20(18)23-21)17-12-10-16(11-13-17)15-6-2-1-3-7-15/h1-9,12,14,16H,10-11,13H2. The van der Waals surface area contributed by atoms with E-state index in [1.54, 1.807) is 6.07 Å². The number of allylic oxidation sites excluding steroid dienone is 2. The first-order valence-corrected chi connectivity index (χ1v) is 8.08. The lowest BCUT2D eigenvalue weighted by molar-refractivity contribution is 0.560. The second-order valence-corrected chi connectivity index (χ2v) is 6.09. The average Bonchev–Trinajstić information content (AvgIpc) is 2.62. The van der Waals surface area contributed by atoms with Crippen LogP contribution in [0.1, 0.15) is 36.3 Å². The Bertz CT molecular complexity index is 919. The first-order valence-electron chi connectivity index (χ1n) is 8.08. The van der Waals surface area contributed by atoms with E-state index in [0.29, 0.717) is 11.5 Å². The summed E-state index contributed by atoms with van der Waals surface area (Å²) in [5.74, 6) is 0.575. The summed E-state index contributed by atoms with van der Waals surface area (Å²) in [4.78, 5) is 11.8. The fourth-order valence-corrected chi connectivity index (χ4v) is 3.48. The van der Waals surface area contributed by atoms with E-state index in [2.05, 4.69) is 36.4 Å². The summed E-state index contributed by atoms with van der Waals surface area (Å²) in [6.45, 7) is 0. The topological polar surface area (TPSA) is 30.2 Å². The molecule has 1 aromatic heterocycles. The van der Waals surface area contributed by atoms with Crippen molar-refractivity contribution < 1.29 is 4.42 Å². The monoisotopic (exact) mass is 302 g/mol.